The Morgan fingerprint density at radius 2 is 1.95 bits per heavy atom. The van der Waals surface area contributed by atoms with Crippen LogP contribution in [0.3, 0.4) is 0 Å². The summed E-state index contributed by atoms with van der Waals surface area (Å²) in [4.78, 5) is 3.70. The molecule has 1 N–H and O–H groups in total. The molecule has 0 aromatic carbocycles. The molecule has 0 atom stereocenters. The van der Waals surface area contributed by atoms with E-state index in [4.69, 9.17) is 23.2 Å². The van der Waals surface area contributed by atoms with E-state index in [1.54, 1.807) is 0 Å². The molecule has 9 heteroatoms. The quantitative estimate of drug-likeness (QED) is 0.846. The number of nitrogens with one attached hydrogen (secondary N) is 1. The first-order chi connectivity index (χ1) is 8.88. The van der Waals surface area contributed by atoms with Crippen molar-refractivity contribution < 1.29 is 12.6 Å². The smallest absolute Gasteiger partial charge is 0.242 e. The largest absolute Gasteiger partial charge is 0.260 e. The van der Waals surface area contributed by atoms with Crippen LogP contribution in [0.5, 0.6) is 0 Å². The number of pyridine rings is 1. The van der Waals surface area contributed by atoms with Gasteiger partial charge >= 0.3 is 0 Å². The molecule has 0 radical (unpaired) electrons. The van der Waals surface area contributed by atoms with Crippen molar-refractivity contribution in [2.75, 3.05) is 11.5 Å². The molecule has 1 aromatic rings. The maximum Gasteiger partial charge on any atom is 0.242 e. The Labute approximate surface area is 124 Å². The van der Waals surface area contributed by atoms with Crippen molar-refractivity contribution in [1.29, 1.82) is 0 Å². The van der Waals surface area contributed by atoms with Crippen LogP contribution < -0.4 is 4.72 Å². The second kappa shape index (κ2) is 6.05. The van der Waals surface area contributed by atoms with Crippen LogP contribution in [-0.2, 0) is 20.8 Å². The van der Waals surface area contributed by atoms with Gasteiger partial charge in [0.25, 0.3) is 0 Å². The van der Waals surface area contributed by atoms with Crippen molar-refractivity contribution in [3.05, 3.63) is 22.4 Å². The predicted molar refractivity (Wildman–Crippen MR) is 75.5 cm³/mol. The molecule has 1 saturated heterocycles. The fraction of sp³-hybridized carbons (Fsp3) is 0.500. The maximum atomic E-state index is 12.1. The van der Waals surface area contributed by atoms with Gasteiger partial charge in [-0.1, -0.05) is 23.2 Å². The van der Waals surface area contributed by atoms with Gasteiger partial charge in [-0.05, 0) is 18.9 Å². The van der Waals surface area contributed by atoms with E-state index in [-0.39, 0.29) is 21.1 Å². The number of hydrogen-bond donors (Lipinski definition) is 1. The minimum absolute atomic E-state index is 0.0198. The number of rotatable bonds is 3. The van der Waals surface area contributed by atoms with Crippen molar-refractivity contribution in [3.63, 3.8) is 0 Å². The van der Waals surface area contributed by atoms with Crippen LogP contribution >= 0.6 is 23.2 Å². The minimum atomic E-state index is -3.67. The zero-order valence-electron chi connectivity index (χ0n) is 9.80. The highest BCUT2D eigenvalue weighted by atomic mass is 35.5. The third-order valence-corrected chi connectivity index (χ3v) is 6.35. The summed E-state index contributed by atoms with van der Waals surface area (Å²) in [5, 5.41) is 0.156. The minimum Gasteiger partial charge on any atom is -0.260 e. The molecule has 106 valence electrons. The SMILES string of the molecule is O=S1CCC(NS(=O)(=O)c2cnc(Cl)c(Cl)c2)CC1. The summed E-state index contributed by atoms with van der Waals surface area (Å²) in [5.41, 5.74) is 0. The molecule has 5 nitrogen and oxygen atoms in total. The van der Waals surface area contributed by atoms with E-state index < -0.39 is 20.8 Å². The molecule has 0 amide bonds. The van der Waals surface area contributed by atoms with Gasteiger partial charge in [0.05, 0.1) is 5.02 Å². The molecule has 19 heavy (non-hydrogen) atoms. The van der Waals surface area contributed by atoms with Crippen LogP contribution in [0.1, 0.15) is 12.8 Å². The van der Waals surface area contributed by atoms with Crippen LogP contribution in [0.4, 0.5) is 0 Å². The lowest BCUT2D eigenvalue weighted by atomic mass is 10.2. The van der Waals surface area contributed by atoms with E-state index in [1.807, 2.05) is 0 Å². The van der Waals surface area contributed by atoms with Crippen molar-refractivity contribution in [2.24, 2.45) is 0 Å². The van der Waals surface area contributed by atoms with Crippen LogP contribution in [0.15, 0.2) is 17.2 Å². The first kappa shape index (κ1) is 15.2. The molecule has 0 bridgehead atoms. The lowest BCUT2D eigenvalue weighted by Crippen LogP contribution is -2.39. The molecule has 1 aliphatic rings. The molecular weight excluding hydrogens is 331 g/mol. The van der Waals surface area contributed by atoms with Gasteiger partial charge in [-0.25, -0.2) is 18.1 Å². The molecule has 1 aliphatic heterocycles. The molecule has 1 fully saturated rings. The van der Waals surface area contributed by atoms with E-state index in [0.717, 1.165) is 6.20 Å². The van der Waals surface area contributed by atoms with Crippen molar-refractivity contribution >= 4 is 44.0 Å². The Kier molecular flexibility index (Phi) is 4.84. The molecule has 2 heterocycles. The fourth-order valence-corrected chi connectivity index (χ4v) is 4.66. The van der Waals surface area contributed by atoms with Gasteiger partial charge in [0, 0.05) is 34.5 Å². The molecule has 0 saturated carbocycles. The second-order valence-corrected chi connectivity index (χ2v) is 8.36. The summed E-state index contributed by atoms with van der Waals surface area (Å²) < 4.78 is 38.0. The van der Waals surface area contributed by atoms with Gasteiger partial charge < -0.3 is 0 Å². The van der Waals surface area contributed by atoms with Crippen LogP contribution in [0, 0.1) is 0 Å². The Bertz CT molecular complexity index is 597. The second-order valence-electron chi connectivity index (χ2n) is 4.19. The zero-order chi connectivity index (χ0) is 14.0. The Balaban J connectivity index is 2.13. The van der Waals surface area contributed by atoms with Crippen LogP contribution in [0.25, 0.3) is 0 Å². The molecule has 0 spiro atoms. The Morgan fingerprint density at radius 3 is 2.53 bits per heavy atom. The standard InChI is InChI=1S/C10H12Cl2N2O3S2/c11-9-5-8(6-13-10(9)12)19(16,17)14-7-1-3-18(15)4-2-7/h5-7,14H,1-4H2. The van der Waals surface area contributed by atoms with E-state index in [0.29, 0.717) is 24.3 Å². The number of sulfonamides is 1. The Morgan fingerprint density at radius 1 is 1.32 bits per heavy atom. The van der Waals surface area contributed by atoms with Gasteiger partial charge in [-0.2, -0.15) is 0 Å². The number of halogens is 2. The highest BCUT2D eigenvalue weighted by Gasteiger charge is 2.24. The third kappa shape index (κ3) is 3.88. The van der Waals surface area contributed by atoms with Crippen molar-refractivity contribution in [1.82, 2.24) is 9.71 Å². The first-order valence-electron chi connectivity index (χ1n) is 5.57. The summed E-state index contributed by atoms with van der Waals surface area (Å²) in [6, 6.07) is 1.07. The molecular formula is C10H12Cl2N2O3S2. The summed E-state index contributed by atoms with van der Waals surface area (Å²) in [7, 11) is -4.50. The molecule has 1 aromatic heterocycles. The third-order valence-electron chi connectivity index (χ3n) is 2.79. The summed E-state index contributed by atoms with van der Waals surface area (Å²) >= 11 is 11.4. The van der Waals surface area contributed by atoms with E-state index >= 15 is 0 Å². The number of hydrogen-bond acceptors (Lipinski definition) is 4. The predicted octanol–water partition coefficient (Wildman–Crippen LogP) is 1.58. The van der Waals surface area contributed by atoms with Crippen LogP contribution in [-0.4, -0.2) is 35.2 Å². The van der Waals surface area contributed by atoms with Gasteiger partial charge in [-0.15, -0.1) is 0 Å². The highest BCUT2D eigenvalue weighted by molar-refractivity contribution is 7.89. The fourth-order valence-electron chi connectivity index (χ4n) is 1.75. The highest BCUT2D eigenvalue weighted by Crippen LogP contribution is 2.22. The summed E-state index contributed by atoms with van der Waals surface area (Å²) in [6.45, 7) is 0. The maximum absolute atomic E-state index is 12.1. The number of nitrogens with zero attached hydrogens (tertiary/aromatic N) is 1. The molecule has 0 unspecified atom stereocenters. The Hall–Kier alpha value is -0.210. The normalized spacial score (nSPS) is 24.3. The van der Waals surface area contributed by atoms with Gasteiger partial charge in [0.1, 0.15) is 10.0 Å². The average molecular weight is 343 g/mol. The van der Waals surface area contributed by atoms with E-state index in [2.05, 4.69) is 9.71 Å². The topological polar surface area (TPSA) is 76.1 Å². The van der Waals surface area contributed by atoms with Gasteiger partial charge in [0.2, 0.25) is 10.0 Å². The average Bonchev–Trinajstić information content (AvgIpc) is 2.35. The van der Waals surface area contributed by atoms with Gasteiger partial charge in [0.15, 0.2) is 0 Å². The van der Waals surface area contributed by atoms with Crippen LogP contribution in [0.2, 0.25) is 10.2 Å². The van der Waals surface area contributed by atoms with E-state index in [1.165, 1.54) is 6.07 Å². The zero-order valence-corrected chi connectivity index (χ0v) is 12.9. The van der Waals surface area contributed by atoms with Gasteiger partial charge in [-0.3, -0.25) is 4.21 Å². The summed E-state index contributed by atoms with van der Waals surface area (Å²) in [6.07, 6.45) is 2.30. The van der Waals surface area contributed by atoms with Crippen molar-refractivity contribution in [2.45, 2.75) is 23.8 Å². The molecule has 0 aliphatic carbocycles. The lowest BCUT2D eigenvalue weighted by molar-refractivity contribution is 0.521. The lowest BCUT2D eigenvalue weighted by Gasteiger charge is -2.22. The monoisotopic (exact) mass is 342 g/mol. The van der Waals surface area contributed by atoms with Crippen molar-refractivity contribution in [3.8, 4) is 0 Å². The summed E-state index contributed by atoms with van der Waals surface area (Å²) in [5.74, 6) is 1.04. The number of aromatic nitrogens is 1. The van der Waals surface area contributed by atoms with E-state index in [9.17, 15) is 12.6 Å². The first-order valence-corrected chi connectivity index (χ1v) is 9.29. The molecule has 2 rings (SSSR count).